The molecule has 3 heteroatoms. The van der Waals surface area contributed by atoms with Crippen LogP contribution in [0, 0.1) is 13.8 Å². The smallest absolute Gasteiger partial charge is 0.125 e. The summed E-state index contributed by atoms with van der Waals surface area (Å²) in [5.74, 6) is 0.903. The molecular weight excluding hydrogens is 268 g/mol. The Kier molecular flexibility index (Phi) is 4.02. The minimum Gasteiger partial charge on any atom is -0.496 e. The van der Waals surface area contributed by atoms with Crippen molar-refractivity contribution in [1.82, 2.24) is 0 Å². The minimum atomic E-state index is -0.274. The van der Waals surface area contributed by atoms with Crippen LogP contribution < -0.4 is 4.74 Å². The highest BCUT2D eigenvalue weighted by Crippen LogP contribution is 2.38. The van der Waals surface area contributed by atoms with Crippen LogP contribution in [0.15, 0.2) is 10.5 Å². The zero-order chi connectivity index (χ0) is 12.5. The number of aryl methyl sites for hydroxylation is 1. The molecule has 0 saturated carbocycles. The second-order valence-electron chi connectivity index (χ2n) is 4.75. The van der Waals surface area contributed by atoms with Gasteiger partial charge in [-0.25, -0.2) is 0 Å². The summed E-state index contributed by atoms with van der Waals surface area (Å²) in [7, 11) is 1.68. The molecule has 0 atom stereocenters. The van der Waals surface area contributed by atoms with Gasteiger partial charge in [0, 0.05) is 9.89 Å². The third-order valence-electron chi connectivity index (χ3n) is 2.93. The molecule has 0 fully saturated rings. The van der Waals surface area contributed by atoms with Crippen LogP contribution in [-0.4, -0.2) is 18.8 Å². The lowest BCUT2D eigenvalue weighted by Crippen LogP contribution is -2.24. The van der Waals surface area contributed by atoms with Crippen molar-refractivity contribution in [2.75, 3.05) is 13.7 Å². The van der Waals surface area contributed by atoms with Crippen LogP contribution in [0.5, 0.6) is 5.75 Å². The summed E-state index contributed by atoms with van der Waals surface area (Å²) in [6.07, 6.45) is 0. The van der Waals surface area contributed by atoms with E-state index in [0.29, 0.717) is 0 Å². The van der Waals surface area contributed by atoms with E-state index in [9.17, 15) is 5.11 Å². The molecule has 0 bridgehead atoms. The summed E-state index contributed by atoms with van der Waals surface area (Å²) in [4.78, 5) is 0. The second kappa shape index (κ2) is 4.76. The van der Waals surface area contributed by atoms with Gasteiger partial charge in [-0.15, -0.1) is 0 Å². The van der Waals surface area contributed by atoms with Gasteiger partial charge in [-0.2, -0.15) is 0 Å². The van der Waals surface area contributed by atoms with Crippen molar-refractivity contribution < 1.29 is 9.84 Å². The second-order valence-corrected chi connectivity index (χ2v) is 5.60. The Bertz CT molecular complexity index is 397. The van der Waals surface area contributed by atoms with E-state index in [0.717, 1.165) is 26.9 Å². The molecule has 0 heterocycles. The SMILES string of the molecule is COc1c(C)cc(Br)c(C(C)(C)CO)c1C. The largest absolute Gasteiger partial charge is 0.496 e. The summed E-state index contributed by atoms with van der Waals surface area (Å²) >= 11 is 3.57. The summed E-state index contributed by atoms with van der Waals surface area (Å²) in [5, 5.41) is 9.47. The van der Waals surface area contributed by atoms with Gasteiger partial charge in [0.05, 0.1) is 13.7 Å². The predicted molar refractivity (Wildman–Crippen MR) is 70.3 cm³/mol. The molecular formula is C13H19BrO2. The van der Waals surface area contributed by atoms with Crippen LogP contribution in [0.25, 0.3) is 0 Å². The third-order valence-corrected chi connectivity index (χ3v) is 3.56. The molecule has 1 N–H and O–H groups in total. The number of hydrogen-bond acceptors (Lipinski definition) is 2. The maximum atomic E-state index is 9.47. The van der Waals surface area contributed by atoms with E-state index in [1.54, 1.807) is 7.11 Å². The molecule has 0 saturated heterocycles. The molecule has 0 amide bonds. The molecule has 0 aliphatic heterocycles. The molecule has 2 nitrogen and oxygen atoms in total. The predicted octanol–water partition coefficient (Wildman–Crippen LogP) is 3.34. The Labute approximate surface area is 106 Å². The average molecular weight is 287 g/mol. The Morgan fingerprint density at radius 2 is 1.94 bits per heavy atom. The number of aliphatic hydroxyl groups is 1. The fourth-order valence-corrected chi connectivity index (χ4v) is 3.32. The molecule has 0 spiro atoms. The Morgan fingerprint density at radius 1 is 1.38 bits per heavy atom. The van der Waals surface area contributed by atoms with Gasteiger partial charge in [-0.05, 0) is 36.6 Å². The minimum absolute atomic E-state index is 0.110. The van der Waals surface area contributed by atoms with E-state index >= 15 is 0 Å². The molecule has 1 aromatic rings. The maximum Gasteiger partial charge on any atom is 0.125 e. The molecule has 16 heavy (non-hydrogen) atoms. The standard InChI is InChI=1S/C13H19BrO2/c1-8-6-10(14)11(13(3,4)7-15)9(2)12(8)16-5/h6,15H,7H2,1-5H3. The van der Waals surface area contributed by atoms with E-state index < -0.39 is 0 Å². The average Bonchev–Trinajstić information content (AvgIpc) is 2.17. The van der Waals surface area contributed by atoms with Crippen molar-refractivity contribution in [3.05, 3.63) is 27.2 Å². The van der Waals surface area contributed by atoms with Gasteiger partial charge < -0.3 is 9.84 Å². The van der Waals surface area contributed by atoms with Crippen LogP contribution in [0.2, 0.25) is 0 Å². The van der Waals surface area contributed by atoms with Gasteiger partial charge in [0.25, 0.3) is 0 Å². The molecule has 1 rings (SSSR count). The lowest BCUT2D eigenvalue weighted by atomic mass is 9.82. The zero-order valence-electron chi connectivity index (χ0n) is 10.5. The molecule has 0 aromatic heterocycles. The number of rotatable bonds is 3. The normalized spacial score (nSPS) is 11.7. The van der Waals surface area contributed by atoms with Crippen LogP contribution in [0.4, 0.5) is 0 Å². The summed E-state index contributed by atoms with van der Waals surface area (Å²) < 4.78 is 6.44. The molecule has 1 aromatic carbocycles. The number of methoxy groups -OCH3 is 1. The lowest BCUT2D eigenvalue weighted by molar-refractivity contribution is 0.217. The fourth-order valence-electron chi connectivity index (χ4n) is 2.14. The molecule has 0 aliphatic carbocycles. The maximum absolute atomic E-state index is 9.47. The van der Waals surface area contributed by atoms with Gasteiger partial charge in [0.15, 0.2) is 0 Å². The van der Waals surface area contributed by atoms with Crippen LogP contribution in [0.3, 0.4) is 0 Å². The van der Waals surface area contributed by atoms with Gasteiger partial charge in [0.1, 0.15) is 5.75 Å². The fraction of sp³-hybridized carbons (Fsp3) is 0.538. The number of ether oxygens (including phenoxy) is 1. The van der Waals surface area contributed by atoms with E-state index in [1.807, 2.05) is 33.8 Å². The first-order valence-corrected chi connectivity index (χ1v) is 6.09. The molecule has 0 radical (unpaired) electrons. The van der Waals surface area contributed by atoms with E-state index in [-0.39, 0.29) is 12.0 Å². The van der Waals surface area contributed by atoms with Crippen molar-refractivity contribution >= 4 is 15.9 Å². The first kappa shape index (κ1) is 13.5. The highest BCUT2D eigenvalue weighted by atomic mass is 79.9. The summed E-state index contributed by atoms with van der Waals surface area (Å²) in [6.45, 7) is 8.21. The van der Waals surface area contributed by atoms with E-state index in [1.165, 1.54) is 0 Å². The van der Waals surface area contributed by atoms with Crippen molar-refractivity contribution in [3.63, 3.8) is 0 Å². The molecule has 0 unspecified atom stereocenters. The van der Waals surface area contributed by atoms with Crippen molar-refractivity contribution in [2.45, 2.75) is 33.1 Å². The van der Waals surface area contributed by atoms with Crippen LogP contribution in [-0.2, 0) is 5.41 Å². The number of halogens is 1. The first-order chi connectivity index (χ1) is 7.35. The van der Waals surface area contributed by atoms with Crippen molar-refractivity contribution in [1.29, 1.82) is 0 Å². The lowest BCUT2D eigenvalue weighted by Gasteiger charge is -2.27. The monoisotopic (exact) mass is 286 g/mol. The Morgan fingerprint density at radius 3 is 2.38 bits per heavy atom. The Hall–Kier alpha value is -0.540. The van der Waals surface area contributed by atoms with Crippen LogP contribution in [0.1, 0.15) is 30.5 Å². The number of aliphatic hydroxyl groups excluding tert-OH is 1. The van der Waals surface area contributed by atoms with Gasteiger partial charge >= 0.3 is 0 Å². The summed E-state index contributed by atoms with van der Waals surface area (Å²) in [6, 6.07) is 2.04. The van der Waals surface area contributed by atoms with Gasteiger partial charge in [-0.3, -0.25) is 0 Å². The summed E-state index contributed by atoms with van der Waals surface area (Å²) in [5.41, 5.74) is 3.03. The van der Waals surface area contributed by atoms with Crippen LogP contribution >= 0.6 is 15.9 Å². The first-order valence-electron chi connectivity index (χ1n) is 5.30. The van der Waals surface area contributed by atoms with Crippen molar-refractivity contribution in [2.24, 2.45) is 0 Å². The highest BCUT2D eigenvalue weighted by molar-refractivity contribution is 9.10. The molecule has 0 aliphatic rings. The Balaban J connectivity index is 3.51. The quantitative estimate of drug-likeness (QED) is 0.924. The van der Waals surface area contributed by atoms with E-state index in [4.69, 9.17) is 4.74 Å². The van der Waals surface area contributed by atoms with Gasteiger partial charge in [0.2, 0.25) is 0 Å². The zero-order valence-corrected chi connectivity index (χ0v) is 12.1. The number of benzene rings is 1. The van der Waals surface area contributed by atoms with Gasteiger partial charge in [-0.1, -0.05) is 29.8 Å². The number of hydrogen-bond donors (Lipinski definition) is 1. The topological polar surface area (TPSA) is 29.5 Å². The van der Waals surface area contributed by atoms with Crippen molar-refractivity contribution in [3.8, 4) is 5.75 Å². The highest BCUT2D eigenvalue weighted by Gasteiger charge is 2.26. The third kappa shape index (κ3) is 2.25. The van der Waals surface area contributed by atoms with E-state index in [2.05, 4.69) is 15.9 Å². The molecule has 90 valence electrons.